The van der Waals surface area contributed by atoms with Gasteiger partial charge in [0.25, 0.3) is 5.91 Å². The van der Waals surface area contributed by atoms with Gasteiger partial charge in [-0.2, -0.15) is 4.31 Å². The Morgan fingerprint density at radius 3 is 2.47 bits per heavy atom. The molecule has 1 saturated heterocycles. The van der Waals surface area contributed by atoms with Crippen molar-refractivity contribution in [2.45, 2.75) is 37.5 Å². The highest BCUT2D eigenvalue weighted by atomic mass is 32.2. The molecular formula is C24H26N4O3S. The van der Waals surface area contributed by atoms with Crippen molar-refractivity contribution >= 4 is 21.6 Å². The summed E-state index contributed by atoms with van der Waals surface area (Å²) >= 11 is 0. The summed E-state index contributed by atoms with van der Waals surface area (Å²) in [5, 5.41) is 2.86. The van der Waals surface area contributed by atoms with Crippen LogP contribution in [0.2, 0.25) is 0 Å². The minimum atomic E-state index is -3.62. The molecule has 7 nitrogen and oxygen atoms in total. The maximum Gasteiger partial charge on any atom is 0.255 e. The molecule has 4 rings (SSSR count). The Morgan fingerprint density at radius 2 is 1.72 bits per heavy atom. The molecule has 0 aliphatic carbocycles. The van der Waals surface area contributed by atoms with Crippen molar-refractivity contribution in [3.05, 3.63) is 72.2 Å². The van der Waals surface area contributed by atoms with Crippen LogP contribution in [-0.2, 0) is 10.0 Å². The Bertz CT molecular complexity index is 1220. The lowest BCUT2D eigenvalue weighted by Crippen LogP contribution is -2.32. The highest BCUT2D eigenvalue weighted by Crippen LogP contribution is 2.23. The van der Waals surface area contributed by atoms with Crippen molar-refractivity contribution in [3.8, 4) is 11.3 Å². The van der Waals surface area contributed by atoms with Crippen molar-refractivity contribution in [2.75, 3.05) is 18.4 Å². The first-order chi connectivity index (χ1) is 15.4. The third-order valence-electron chi connectivity index (χ3n) is 5.49. The molecule has 1 fully saturated rings. The number of aryl methyl sites for hydroxylation is 1. The highest BCUT2D eigenvalue weighted by molar-refractivity contribution is 7.89. The fourth-order valence-corrected chi connectivity index (χ4v) is 5.37. The lowest BCUT2D eigenvalue weighted by atomic mass is 10.1. The van der Waals surface area contributed by atoms with Crippen LogP contribution in [0, 0.1) is 6.92 Å². The smallest absolute Gasteiger partial charge is 0.255 e. The first-order valence-electron chi connectivity index (χ1n) is 10.8. The van der Waals surface area contributed by atoms with Crippen LogP contribution in [0.3, 0.4) is 0 Å². The first kappa shape index (κ1) is 22.1. The second-order valence-corrected chi connectivity index (χ2v) is 9.81. The Balaban J connectivity index is 1.54. The van der Waals surface area contributed by atoms with E-state index in [9.17, 15) is 13.2 Å². The van der Waals surface area contributed by atoms with Gasteiger partial charge in [0.05, 0.1) is 10.6 Å². The van der Waals surface area contributed by atoms with Crippen LogP contribution in [0.15, 0.2) is 65.7 Å². The number of nitrogens with one attached hydrogen (secondary N) is 1. The zero-order valence-corrected chi connectivity index (χ0v) is 18.8. The van der Waals surface area contributed by atoms with Crippen LogP contribution in [0.5, 0.6) is 0 Å². The molecule has 1 amide bonds. The van der Waals surface area contributed by atoms with Gasteiger partial charge in [-0.05, 0) is 56.2 Å². The predicted octanol–water partition coefficient (Wildman–Crippen LogP) is 4.27. The number of hydrogen-bond donors (Lipinski definition) is 1. The average Bonchev–Trinajstić information content (AvgIpc) is 3.10. The lowest BCUT2D eigenvalue weighted by molar-refractivity contribution is 0.102. The molecule has 0 atom stereocenters. The summed E-state index contributed by atoms with van der Waals surface area (Å²) in [7, 11) is -3.62. The minimum Gasteiger partial charge on any atom is -0.322 e. The van der Waals surface area contributed by atoms with Crippen molar-refractivity contribution in [1.82, 2.24) is 14.3 Å². The minimum absolute atomic E-state index is 0.150. The predicted molar refractivity (Wildman–Crippen MR) is 124 cm³/mol. The van der Waals surface area contributed by atoms with E-state index in [0.29, 0.717) is 30.2 Å². The van der Waals surface area contributed by atoms with Gasteiger partial charge in [-0.1, -0.05) is 31.0 Å². The fourth-order valence-electron chi connectivity index (χ4n) is 3.81. The van der Waals surface area contributed by atoms with Gasteiger partial charge in [-0.25, -0.2) is 18.4 Å². The maximum atomic E-state index is 13.1. The molecule has 0 radical (unpaired) electrons. The van der Waals surface area contributed by atoms with Crippen molar-refractivity contribution in [1.29, 1.82) is 0 Å². The molecule has 3 aromatic rings. The standard InChI is InChI=1S/C24H26N4O3S/c1-18-25-13-12-23(26-18)19-8-6-10-21(16-19)27-24(29)20-9-7-11-22(17-20)32(30,31)28-14-4-2-3-5-15-28/h6-13,16-17H,2-5,14-15H2,1H3,(H,27,29). The van der Waals surface area contributed by atoms with E-state index in [1.165, 1.54) is 10.4 Å². The summed E-state index contributed by atoms with van der Waals surface area (Å²) in [6, 6.07) is 15.4. The van der Waals surface area contributed by atoms with Gasteiger partial charge in [0, 0.05) is 36.1 Å². The number of hydrogen-bond acceptors (Lipinski definition) is 5. The molecule has 32 heavy (non-hydrogen) atoms. The summed E-state index contributed by atoms with van der Waals surface area (Å²) in [5.74, 6) is 0.299. The SMILES string of the molecule is Cc1nccc(-c2cccc(NC(=O)c3cccc(S(=O)(=O)N4CCCCCC4)c3)c2)n1. The fraction of sp³-hybridized carbons (Fsp3) is 0.292. The molecule has 1 aliphatic heterocycles. The molecule has 2 heterocycles. The molecule has 2 aromatic carbocycles. The number of rotatable bonds is 5. The van der Waals surface area contributed by atoms with Crippen LogP contribution >= 0.6 is 0 Å². The van der Waals surface area contributed by atoms with Gasteiger partial charge < -0.3 is 5.32 Å². The normalized spacial score (nSPS) is 15.2. The van der Waals surface area contributed by atoms with Crippen molar-refractivity contribution < 1.29 is 13.2 Å². The van der Waals surface area contributed by atoms with E-state index in [1.54, 1.807) is 30.5 Å². The molecule has 0 spiro atoms. The van der Waals surface area contributed by atoms with E-state index in [4.69, 9.17) is 0 Å². The Labute approximate surface area is 188 Å². The number of carbonyl (C=O) groups is 1. The van der Waals surface area contributed by atoms with Gasteiger partial charge in [0.1, 0.15) is 5.82 Å². The van der Waals surface area contributed by atoms with Crippen molar-refractivity contribution in [3.63, 3.8) is 0 Å². The van der Waals surface area contributed by atoms with Crippen LogP contribution in [0.25, 0.3) is 11.3 Å². The maximum absolute atomic E-state index is 13.1. The van der Waals surface area contributed by atoms with Crippen LogP contribution < -0.4 is 5.32 Å². The molecule has 1 aliphatic rings. The number of amides is 1. The summed E-state index contributed by atoms with van der Waals surface area (Å²) in [6.07, 6.45) is 5.51. The first-order valence-corrected chi connectivity index (χ1v) is 12.2. The zero-order chi connectivity index (χ0) is 22.6. The van der Waals surface area contributed by atoms with Gasteiger partial charge in [0.15, 0.2) is 0 Å². The number of aromatic nitrogens is 2. The van der Waals surface area contributed by atoms with Gasteiger partial charge in [-0.3, -0.25) is 4.79 Å². The van der Waals surface area contributed by atoms with Crippen molar-refractivity contribution in [2.24, 2.45) is 0 Å². The Morgan fingerprint density at radius 1 is 0.969 bits per heavy atom. The molecule has 1 aromatic heterocycles. The number of benzene rings is 2. The number of carbonyl (C=O) groups excluding carboxylic acids is 1. The molecule has 0 saturated carbocycles. The van der Waals surface area contributed by atoms with E-state index in [-0.39, 0.29) is 10.8 Å². The van der Waals surface area contributed by atoms with E-state index in [0.717, 1.165) is 36.9 Å². The summed E-state index contributed by atoms with van der Waals surface area (Å²) in [5.41, 5.74) is 2.51. The van der Waals surface area contributed by atoms with E-state index in [1.807, 2.05) is 31.2 Å². The molecule has 0 unspecified atom stereocenters. The summed E-state index contributed by atoms with van der Waals surface area (Å²) < 4.78 is 27.7. The van der Waals surface area contributed by atoms with Gasteiger partial charge in [0.2, 0.25) is 10.0 Å². The number of anilines is 1. The van der Waals surface area contributed by atoms with Gasteiger partial charge >= 0.3 is 0 Å². The molecule has 166 valence electrons. The monoisotopic (exact) mass is 450 g/mol. The Hall–Kier alpha value is -3.10. The summed E-state index contributed by atoms with van der Waals surface area (Å²) in [4.78, 5) is 21.6. The second kappa shape index (κ2) is 9.58. The number of sulfonamides is 1. The average molecular weight is 451 g/mol. The molecule has 1 N–H and O–H groups in total. The van der Waals surface area contributed by atoms with Crippen LogP contribution in [-0.4, -0.2) is 41.7 Å². The zero-order valence-electron chi connectivity index (χ0n) is 18.0. The van der Waals surface area contributed by atoms with E-state index >= 15 is 0 Å². The Kier molecular flexibility index (Phi) is 6.62. The number of nitrogens with zero attached hydrogens (tertiary/aromatic N) is 3. The third-order valence-corrected chi connectivity index (χ3v) is 7.39. The molecule has 8 heteroatoms. The topological polar surface area (TPSA) is 92.3 Å². The quantitative estimate of drug-likeness (QED) is 0.627. The molecule has 0 bridgehead atoms. The largest absolute Gasteiger partial charge is 0.322 e. The van der Waals surface area contributed by atoms with E-state index < -0.39 is 10.0 Å². The second-order valence-electron chi connectivity index (χ2n) is 7.87. The molecular weight excluding hydrogens is 424 g/mol. The van der Waals surface area contributed by atoms with Crippen LogP contribution in [0.4, 0.5) is 5.69 Å². The summed E-state index contributed by atoms with van der Waals surface area (Å²) in [6.45, 7) is 2.87. The highest BCUT2D eigenvalue weighted by Gasteiger charge is 2.25. The van der Waals surface area contributed by atoms with Gasteiger partial charge in [-0.15, -0.1) is 0 Å². The van der Waals surface area contributed by atoms with Crippen LogP contribution in [0.1, 0.15) is 41.9 Å². The van der Waals surface area contributed by atoms with E-state index in [2.05, 4.69) is 15.3 Å². The lowest BCUT2D eigenvalue weighted by Gasteiger charge is -2.20. The third kappa shape index (κ3) is 5.03.